The highest BCUT2D eigenvalue weighted by atomic mass is 35.5. The molecule has 2 atom stereocenters. The Morgan fingerprint density at radius 2 is 2.20 bits per heavy atom. The number of thioether (sulfide) groups is 1. The van der Waals surface area contributed by atoms with Gasteiger partial charge in [-0.2, -0.15) is 11.8 Å². The van der Waals surface area contributed by atoms with Crippen LogP contribution in [-0.4, -0.2) is 10.4 Å². The van der Waals surface area contributed by atoms with Crippen molar-refractivity contribution in [2.75, 3.05) is 0 Å². The molecule has 0 saturated carbocycles. The average Bonchev–Trinajstić information content (AvgIpc) is 2.27. The zero-order valence-electron chi connectivity index (χ0n) is 8.96. The lowest BCUT2D eigenvalue weighted by Crippen LogP contribution is -2.04. The topological polar surface area (TPSA) is 20.2 Å². The summed E-state index contributed by atoms with van der Waals surface area (Å²) < 4.78 is 0. The molecule has 15 heavy (non-hydrogen) atoms. The van der Waals surface area contributed by atoms with E-state index in [0.717, 1.165) is 33.9 Å². The Hall–Kier alpha value is -0.180. The number of halogens is 1. The van der Waals surface area contributed by atoms with E-state index in [9.17, 15) is 5.11 Å². The third kappa shape index (κ3) is 2.32. The van der Waals surface area contributed by atoms with Crippen LogP contribution in [0.5, 0.6) is 0 Å². The zero-order valence-corrected chi connectivity index (χ0v) is 10.5. The van der Waals surface area contributed by atoms with E-state index >= 15 is 0 Å². The molecule has 1 aromatic carbocycles. The minimum Gasteiger partial charge on any atom is -0.388 e. The minimum absolute atomic E-state index is 0.359. The molecule has 0 fully saturated rings. The van der Waals surface area contributed by atoms with Gasteiger partial charge in [0.15, 0.2) is 0 Å². The van der Waals surface area contributed by atoms with Gasteiger partial charge in [-0.05, 0) is 36.1 Å². The molecule has 1 nitrogen and oxygen atoms in total. The fourth-order valence-electron chi connectivity index (χ4n) is 1.98. The fourth-order valence-corrected chi connectivity index (χ4v) is 3.50. The van der Waals surface area contributed by atoms with E-state index in [1.165, 1.54) is 0 Å². The molecule has 1 aliphatic heterocycles. The van der Waals surface area contributed by atoms with E-state index < -0.39 is 0 Å². The van der Waals surface area contributed by atoms with E-state index in [4.69, 9.17) is 11.6 Å². The third-order valence-electron chi connectivity index (χ3n) is 2.80. The second-order valence-electron chi connectivity index (χ2n) is 4.19. The van der Waals surface area contributed by atoms with Gasteiger partial charge in [0.05, 0.1) is 6.10 Å². The smallest absolute Gasteiger partial charge is 0.0804 e. The maximum Gasteiger partial charge on any atom is 0.0804 e. The Kier molecular flexibility index (Phi) is 3.29. The predicted octanol–water partition coefficient (Wildman–Crippen LogP) is 3.71. The molecule has 0 spiro atoms. The molecular weight excluding hydrogens is 228 g/mol. The first-order valence-electron chi connectivity index (χ1n) is 5.16. The van der Waals surface area contributed by atoms with E-state index in [1.807, 2.05) is 24.8 Å². The van der Waals surface area contributed by atoms with Crippen LogP contribution < -0.4 is 0 Å². The molecule has 0 saturated heterocycles. The van der Waals surface area contributed by atoms with E-state index in [0.29, 0.717) is 5.25 Å². The summed E-state index contributed by atoms with van der Waals surface area (Å²) in [6.45, 7) is 4.17. The lowest BCUT2D eigenvalue weighted by molar-refractivity contribution is 0.168. The van der Waals surface area contributed by atoms with Crippen molar-refractivity contribution in [3.05, 3.63) is 33.8 Å². The van der Waals surface area contributed by atoms with E-state index in [1.54, 1.807) is 0 Å². The Morgan fingerprint density at radius 1 is 1.47 bits per heavy atom. The molecule has 2 rings (SSSR count). The van der Waals surface area contributed by atoms with Gasteiger partial charge in [-0.25, -0.2) is 0 Å². The summed E-state index contributed by atoms with van der Waals surface area (Å²) in [5.74, 6) is 0.909. The van der Waals surface area contributed by atoms with E-state index in [2.05, 4.69) is 13.0 Å². The van der Waals surface area contributed by atoms with Gasteiger partial charge >= 0.3 is 0 Å². The highest BCUT2D eigenvalue weighted by molar-refractivity contribution is 7.99. The van der Waals surface area contributed by atoms with Crippen LogP contribution in [0.1, 0.15) is 36.1 Å². The number of rotatable bonds is 0. The van der Waals surface area contributed by atoms with Crippen molar-refractivity contribution < 1.29 is 5.11 Å². The van der Waals surface area contributed by atoms with Crippen LogP contribution in [0.25, 0.3) is 0 Å². The van der Waals surface area contributed by atoms with Gasteiger partial charge in [0.1, 0.15) is 0 Å². The number of aliphatic hydroxyl groups excluding tert-OH is 1. The summed E-state index contributed by atoms with van der Waals surface area (Å²) in [6, 6.07) is 4.04. The molecule has 82 valence electrons. The van der Waals surface area contributed by atoms with Gasteiger partial charge in [0, 0.05) is 16.0 Å². The number of aryl methyl sites for hydroxylation is 1. The highest BCUT2D eigenvalue weighted by Gasteiger charge is 2.22. The van der Waals surface area contributed by atoms with Gasteiger partial charge in [-0.3, -0.25) is 0 Å². The molecule has 1 aromatic rings. The lowest BCUT2D eigenvalue weighted by Gasteiger charge is -2.14. The second-order valence-corrected chi connectivity index (χ2v) is 6.02. The molecule has 0 aromatic heterocycles. The average molecular weight is 243 g/mol. The molecule has 2 unspecified atom stereocenters. The normalized spacial score (nSPS) is 25.9. The van der Waals surface area contributed by atoms with Gasteiger partial charge in [-0.15, -0.1) is 0 Å². The molecular formula is C12H15ClOS. The van der Waals surface area contributed by atoms with Crippen LogP contribution >= 0.6 is 23.4 Å². The fraction of sp³-hybridized carbons (Fsp3) is 0.500. The third-order valence-corrected chi connectivity index (χ3v) is 4.35. The van der Waals surface area contributed by atoms with Crippen molar-refractivity contribution in [3.63, 3.8) is 0 Å². The second kappa shape index (κ2) is 4.36. The number of aliphatic hydroxyl groups is 1. The molecule has 1 N–H and O–H groups in total. The molecule has 0 amide bonds. The molecule has 1 heterocycles. The Bertz CT molecular complexity index is 378. The van der Waals surface area contributed by atoms with Crippen LogP contribution in [0.4, 0.5) is 0 Å². The summed E-state index contributed by atoms with van der Waals surface area (Å²) in [4.78, 5) is 0. The zero-order chi connectivity index (χ0) is 11.0. The number of benzene rings is 1. The van der Waals surface area contributed by atoms with Crippen molar-refractivity contribution >= 4 is 23.4 Å². The Morgan fingerprint density at radius 3 is 2.93 bits per heavy atom. The summed E-state index contributed by atoms with van der Waals surface area (Å²) >= 11 is 8.07. The van der Waals surface area contributed by atoms with Gasteiger partial charge < -0.3 is 5.11 Å². The van der Waals surface area contributed by atoms with Crippen LogP contribution in [0, 0.1) is 6.92 Å². The molecule has 1 aliphatic rings. The molecule has 0 bridgehead atoms. The first kappa shape index (κ1) is 11.3. The monoisotopic (exact) mass is 242 g/mol. The van der Waals surface area contributed by atoms with Crippen molar-refractivity contribution in [1.29, 1.82) is 0 Å². The van der Waals surface area contributed by atoms with E-state index in [-0.39, 0.29) is 6.10 Å². The van der Waals surface area contributed by atoms with Crippen LogP contribution in [-0.2, 0) is 5.75 Å². The van der Waals surface area contributed by atoms with Gasteiger partial charge in [0.25, 0.3) is 0 Å². The predicted molar refractivity (Wildman–Crippen MR) is 66.5 cm³/mol. The Balaban J connectivity index is 2.48. The first-order chi connectivity index (χ1) is 7.08. The summed E-state index contributed by atoms with van der Waals surface area (Å²) in [7, 11) is 0. The van der Waals surface area contributed by atoms with Crippen molar-refractivity contribution in [1.82, 2.24) is 0 Å². The van der Waals surface area contributed by atoms with Gasteiger partial charge in [-0.1, -0.05) is 24.6 Å². The Labute approximate surface area is 99.8 Å². The van der Waals surface area contributed by atoms with Crippen LogP contribution in [0.15, 0.2) is 12.1 Å². The SMILES string of the molecule is Cc1cc(Cl)c2c(c1)C(O)CC(C)SC2. The van der Waals surface area contributed by atoms with Crippen LogP contribution in [0.2, 0.25) is 5.02 Å². The van der Waals surface area contributed by atoms with Crippen molar-refractivity contribution in [2.45, 2.75) is 37.4 Å². The standard InChI is InChI=1S/C12H15ClOS/c1-7-3-9-10(11(13)4-7)6-15-8(2)5-12(9)14/h3-4,8,12,14H,5-6H2,1-2H3. The maximum atomic E-state index is 10.1. The molecule has 0 radical (unpaired) electrons. The summed E-state index contributed by atoms with van der Waals surface area (Å²) in [6.07, 6.45) is 0.458. The quantitative estimate of drug-likeness (QED) is 0.749. The summed E-state index contributed by atoms with van der Waals surface area (Å²) in [5.41, 5.74) is 3.26. The maximum absolute atomic E-state index is 10.1. The van der Waals surface area contributed by atoms with Crippen LogP contribution in [0.3, 0.4) is 0 Å². The highest BCUT2D eigenvalue weighted by Crippen LogP contribution is 2.38. The molecule has 0 aliphatic carbocycles. The largest absolute Gasteiger partial charge is 0.388 e. The van der Waals surface area contributed by atoms with Crippen molar-refractivity contribution in [2.24, 2.45) is 0 Å². The summed E-state index contributed by atoms with van der Waals surface area (Å²) in [5, 5.41) is 11.4. The van der Waals surface area contributed by atoms with Gasteiger partial charge in [0.2, 0.25) is 0 Å². The minimum atomic E-state index is -0.359. The number of hydrogen-bond acceptors (Lipinski definition) is 2. The molecule has 3 heteroatoms. The van der Waals surface area contributed by atoms with Crippen molar-refractivity contribution in [3.8, 4) is 0 Å². The number of fused-ring (bicyclic) bond motifs is 1. The number of hydrogen-bond donors (Lipinski definition) is 1. The first-order valence-corrected chi connectivity index (χ1v) is 6.59. The lowest BCUT2D eigenvalue weighted by atomic mass is 9.98.